The lowest BCUT2D eigenvalue weighted by Crippen LogP contribution is -2.57. The average molecular weight is 451 g/mol. The molecule has 11 heteroatoms. The predicted octanol–water partition coefficient (Wildman–Crippen LogP) is -0.220. The minimum Gasteiger partial charge on any atom is -0.361 e. The number of carbonyl (C=O) groups is 4. The third-order valence-electron chi connectivity index (χ3n) is 6.30. The van der Waals surface area contributed by atoms with Crippen LogP contribution in [0.1, 0.15) is 53.5 Å². The summed E-state index contributed by atoms with van der Waals surface area (Å²) in [6.07, 6.45) is 1.34. The Morgan fingerprint density at radius 1 is 1.16 bits per heavy atom. The van der Waals surface area contributed by atoms with Gasteiger partial charge in [-0.05, 0) is 40.2 Å². The number of amides is 4. The second-order valence-electron chi connectivity index (χ2n) is 8.97. The smallest absolute Gasteiger partial charge is 0.309 e. The Kier molecular flexibility index (Phi) is 6.38. The number of nitrogens with one attached hydrogen (secondary N) is 2. The highest BCUT2D eigenvalue weighted by Gasteiger charge is 2.40. The summed E-state index contributed by atoms with van der Waals surface area (Å²) in [5, 5.41) is 5.89. The molecule has 0 saturated heterocycles. The zero-order valence-electron chi connectivity index (χ0n) is 18.5. The molecule has 2 aliphatic rings. The molecule has 2 heterocycles. The van der Waals surface area contributed by atoms with Gasteiger partial charge in [-0.15, -0.1) is 11.3 Å². The highest BCUT2D eigenvalue weighted by molar-refractivity contribution is 7.13. The molecule has 170 valence electrons. The van der Waals surface area contributed by atoms with Crippen LogP contribution in [0.5, 0.6) is 0 Å². The molecule has 3 rings (SSSR count). The molecule has 1 aliphatic carbocycles. The Morgan fingerprint density at radius 2 is 1.84 bits per heavy atom. The van der Waals surface area contributed by atoms with E-state index >= 15 is 0 Å². The Labute approximate surface area is 185 Å². The van der Waals surface area contributed by atoms with E-state index in [1.807, 2.05) is 7.05 Å². The molecule has 4 amide bonds. The molecule has 1 aromatic rings. The van der Waals surface area contributed by atoms with E-state index < -0.39 is 23.9 Å². The molecule has 1 aliphatic heterocycles. The van der Waals surface area contributed by atoms with Gasteiger partial charge in [-0.25, -0.2) is 4.98 Å². The third kappa shape index (κ3) is 4.57. The lowest BCUT2D eigenvalue weighted by Gasteiger charge is -2.36. The Hall–Kier alpha value is -2.53. The van der Waals surface area contributed by atoms with Gasteiger partial charge in [0.05, 0.1) is 17.3 Å². The van der Waals surface area contributed by atoms with E-state index in [2.05, 4.69) is 34.4 Å². The fourth-order valence-electron chi connectivity index (χ4n) is 4.19. The number of aromatic nitrogens is 1. The first-order valence-corrected chi connectivity index (χ1v) is 11.1. The van der Waals surface area contributed by atoms with Crippen LogP contribution in [0.15, 0.2) is 0 Å². The normalized spacial score (nSPS) is 24.9. The number of carbonyl (C=O) groups excluding carboxylic acids is 4. The fraction of sp³-hybridized carbons (Fsp3) is 0.650. The number of hydrogen-bond donors (Lipinski definition) is 3. The number of fused-ring (bicyclic) bond motifs is 1. The van der Waals surface area contributed by atoms with E-state index in [9.17, 15) is 19.2 Å². The molecule has 10 nitrogen and oxygen atoms in total. The lowest BCUT2D eigenvalue weighted by molar-refractivity contribution is -0.138. The molecule has 31 heavy (non-hydrogen) atoms. The van der Waals surface area contributed by atoms with Crippen LogP contribution < -0.4 is 16.4 Å². The van der Waals surface area contributed by atoms with Crippen LogP contribution in [-0.2, 0) is 26.5 Å². The van der Waals surface area contributed by atoms with Crippen LogP contribution in [0.3, 0.4) is 0 Å². The summed E-state index contributed by atoms with van der Waals surface area (Å²) in [6, 6.07) is -1.02. The zero-order chi connectivity index (χ0) is 23.1. The van der Waals surface area contributed by atoms with E-state index in [0.29, 0.717) is 24.3 Å². The molecule has 0 bridgehead atoms. The van der Waals surface area contributed by atoms with Crippen molar-refractivity contribution < 1.29 is 19.2 Å². The van der Waals surface area contributed by atoms with Gasteiger partial charge in [-0.2, -0.15) is 0 Å². The van der Waals surface area contributed by atoms with Crippen molar-refractivity contribution in [2.24, 2.45) is 11.7 Å². The summed E-state index contributed by atoms with van der Waals surface area (Å²) in [6.45, 7) is 4.86. The fourth-order valence-corrected chi connectivity index (χ4v) is 5.36. The summed E-state index contributed by atoms with van der Waals surface area (Å²) in [4.78, 5) is 57.9. The van der Waals surface area contributed by atoms with Crippen molar-refractivity contribution in [2.45, 2.75) is 57.3 Å². The van der Waals surface area contributed by atoms with Gasteiger partial charge in [0.25, 0.3) is 5.91 Å². The maximum absolute atomic E-state index is 13.0. The van der Waals surface area contributed by atoms with Gasteiger partial charge in [-0.3, -0.25) is 24.1 Å². The summed E-state index contributed by atoms with van der Waals surface area (Å²) in [7, 11) is 5.39. The number of thiazole rings is 1. The number of nitrogens with two attached hydrogens (primary N) is 1. The second-order valence-corrected chi connectivity index (χ2v) is 10.1. The highest BCUT2D eigenvalue weighted by Crippen LogP contribution is 2.40. The van der Waals surface area contributed by atoms with Gasteiger partial charge in [0.15, 0.2) is 5.01 Å². The van der Waals surface area contributed by atoms with Gasteiger partial charge in [0.2, 0.25) is 5.91 Å². The molecular weight excluding hydrogens is 420 g/mol. The van der Waals surface area contributed by atoms with Crippen molar-refractivity contribution >= 4 is 35.0 Å². The van der Waals surface area contributed by atoms with Crippen molar-refractivity contribution in [1.29, 1.82) is 0 Å². The van der Waals surface area contributed by atoms with Gasteiger partial charge < -0.3 is 21.3 Å². The molecular formula is C20H30N6O4S. The molecule has 0 aromatic carbocycles. The Balaban J connectivity index is 1.78. The molecule has 1 aromatic heterocycles. The van der Waals surface area contributed by atoms with Crippen LogP contribution in [0.25, 0.3) is 0 Å². The maximum Gasteiger partial charge on any atom is 0.309 e. The van der Waals surface area contributed by atoms with Crippen molar-refractivity contribution in [3.63, 3.8) is 0 Å². The van der Waals surface area contributed by atoms with E-state index in [4.69, 9.17) is 5.73 Å². The standard InChI is InChI=1S/C20H30N6O4S/c1-20(2)14-13(9-26(20)5)31-18(24-14)17(29)23-12-8-10(19(30)25(3)4)6-7-11(12)22-16(28)15(21)27/h10-12H,6-9H2,1-5H3,(H2,21,27)(H,22,28)(H,23,29)/t10-,11-,12+/m0/s1. The zero-order valence-corrected chi connectivity index (χ0v) is 19.3. The van der Waals surface area contributed by atoms with Gasteiger partial charge in [0, 0.05) is 37.5 Å². The number of hydrogen-bond acceptors (Lipinski definition) is 7. The van der Waals surface area contributed by atoms with Crippen LogP contribution in [0.4, 0.5) is 0 Å². The molecule has 1 fully saturated rings. The molecule has 3 atom stereocenters. The number of primary amides is 1. The highest BCUT2D eigenvalue weighted by atomic mass is 32.1. The molecule has 0 unspecified atom stereocenters. The topological polar surface area (TPSA) is 138 Å². The van der Waals surface area contributed by atoms with Crippen LogP contribution in [0, 0.1) is 5.92 Å². The Bertz CT molecular complexity index is 911. The molecule has 1 saturated carbocycles. The lowest BCUT2D eigenvalue weighted by atomic mass is 9.81. The quantitative estimate of drug-likeness (QED) is 0.542. The van der Waals surface area contributed by atoms with E-state index in [-0.39, 0.29) is 23.3 Å². The number of nitrogens with zero attached hydrogens (tertiary/aromatic N) is 3. The summed E-state index contributed by atoms with van der Waals surface area (Å²) in [5.74, 6) is -2.65. The first-order valence-electron chi connectivity index (χ1n) is 10.3. The molecule has 0 spiro atoms. The van der Waals surface area contributed by atoms with Crippen molar-refractivity contribution in [1.82, 2.24) is 25.4 Å². The van der Waals surface area contributed by atoms with Crippen LogP contribution >= 0.6 is 11.3 Å². The first-order chi connectivity index (χ1) is 14.4. The summed E-state index contributed by atoms with van der Waals surface area (Å²) < 4.78 is 0. The van der Waals surface area contributed by atoms with Gasteiger partial charge in [0.1, 0.15) is 0 Å². The predicted molar refractivity (Wildman–Crippen MR) is 115 cm³/mol. The monoisotopic (exact) mass is 450 g/mol. The third-order valence-corrected chi connectivity index (χ3v) is 7.34. The summed E-state index contributed by atoms with van der Waals surface area (Å²) in [5.41, 5.74) is 5.72. The first kappa shape index (κ1) is 23.1. The van der Waals surface area contributed by atoms with Crippen molar-refractivity contribution in [3.8, 4) is 0 Å². The largest absolute Gasteiger partial charge is 0.361 e. The minimum absolute atomic E-state index is 0.0306. The van der Waals surface area contributed by atoms with E-state index in [1.54, 1.807) is 14.1 Å². The SMILES string of the molecule is CN(C)C(=O)[C@H]1CC[C@H](NC(=O)C(N)=O)[C@H](NC(=O)c2nc3c(s2)CN(C)C3(C)C)C1. The number of rotatable bonds is 4. The van der Waals surface area contributed by atoms with Crippen LogP contribution in [-0.4, -0.2) is 71.6 Å². The second kappa shape index (κ2) is 8.54. The summed E-state index contributed by atoms with van der Waals surface area (Å²) >= 11 is 1.36. The van der Waals surface area contributed by atoms with Gasteiger partial charge in [-0.1, -0.05) is 0 Å². The maximum atomic E-state index is 13.0. The molecule has 0 radical (unpaired) electrons. The van der Waals surface area contributed by atoms with E-state index in [1.165, 1.54) is 16.2 Å². The minimum atomic E-state index is -1.08. The van der Waals surface area contributed by atoms with E-state index in [0.717, 1.165) is 17.1 Å². The van der Waals surface area contributed by atoms with Crippen molar-refractivity contribution in [3.05, 3.63) is 15.6 Å². The average Bonchev–Trinajstić information content (AvgIpc) is 3.20. The van der Waals surface area contributed by atoms with Gasteiger partial charge >= 0.3 is 11.8 Å². The van der Waals surface area contributed by atoms with Crippen molar-refractivity contribution in [2.75, 3.05) is 21.1 Å². The Morgan fingerprint density at radius 3 is 2.42 bits per heavy atom. The van der Waals surface area contributed by atoms with Crippen LogP contribution in [0.2, 0.25) is 0 Å². The molecule has 4 N–H and O–H groups in total.